The molecular weight excluding hydrogens is 393 g/mol. The average molecular weight is 412 g/mol. The van der Waals surface area contributed by atoms with E-state index in [4.69, 9.17) is 0 Å². The van der Waals surface area contributed by atoms with Gasteiger partial charge in [0.1, 0.15) is 5.52 Å². The highest BCUT2D eigenvalue weighted by atomic mass is 32.2. The van der Waals surface area contributed by atoms with Gasteiger partial charge in [0.2, 0.25) is 15.8 Å². The van der Waals surface area contributed by atoms with E-state index in [-0.39, 0.29) is 35.1 Å². The Morgan fingerprint density at radius 1 is 1.14 bits per heavy atom. The Morgan fingerprint density at radius 2 is 1.82 bits per heavy atom. The number of aromatic nitrogens is 3. The molecule has 3 aromatic rings. The van der Waals surface area contributed by atoms with Crippen LogP contribution in [0.25, 0.3) is 11.2 Å². The molecule has 0 radical (unpaired) electrons. The van der Waals surface area contributed by atoms with E-state index in [0.29, 0.717) is 0 Å². The van der Waals surface area contributed by atoms with Crippen LogP contribution < -0.4 is 4.72 Å². The summed E-state index contributed by atoms with van der Waals surface area (Å²) in [4.78, 5) is 7.58. The molecule has 0 unspecified atom stereocenters. The molecule has 2 heterocycles. The zero-order valence-corrected chi connectivity index (χ0v) is 16.0. The summed E-state index contributed by atoms with van der Waals surface area (Å²) in [6.07, 6.45) is -3.31. The molecule has 28 heavy (non-hydrogen) atoms. The van der Waals surface area contributed by atoms with Crippen molar-refractivity contribution < 1.29 is 21.6 Å². The number of halogens is 3. The van der Waals surface area contributed by atoms with Gasteiger partial charge in [0.15, 0.2) is 5.65 Å². The standard InChI is InChI=1S/C18H19F3N4O2S/c1-12(2)13-5-7-14(8-6-13)28(26,27)23-10-11-25-16-15(4-3-9-22-16)24-17(25)18(19,20)21/h3-9,12,23H,10-11H2,1-2H3. The first-order valence-corrected chi connectivity index (χ1v) is 10.1. The third-order valence-electron chi connectivity index (χ3n) is 4.24. The fourth-order valence-corrected chi connectivity index (χ4v) is 3.81. The number of sulfonamides is 1. The van der Waals surface area contributed by atoms with Crippen LogP contribution in [0.2, 0.25) is 0 Å². The number of hydrogen-bond donors (Lipinski definition) is 1. The van der Waals surface area contributed by atoms with E-state index in [1.165, 1.54) is 30.5 Å². The topological polar surface area (TPSA) is 76.9 Å². The molecular formula is C18H19F3N4O2S. The second-order valence-corrected chi connectivity index (χ2v) is 8.32. The predicted molar refractivity (Wildman–Crippen MR) is 98.2 cm³/mol. The van der Waals surface area contributed by atoms with Crippen LogP contribution >= 0.6 is 0 Å². The highest BCUT2D eigenvalue weighted by Gasteiger charge is 2.37. The molecule has 10 heteroatoms. The number of rotatable bonds is 6. The van der Waals surface area contributed by atoms with Gasteiger partial charge >= 0.3 is 6.18 Å². The average Bonchev–Trinajstić information content (AvgIpc) is 3.01. The van der Waals surface area contributed by atoms with Crippen molar-refractivity contribution in [1.29, 1.82) is 0 Å². The van der Waals surface area contributed by atoms with Crippen LogP contribution in [0.5, 0.6) is 0 Å². The molecule has 1 N–H and O–H groups in total. The second kappa shape index (κ2) is 7.51. The lowest BCUT2D eigenvalue weighted by molar-refractivity contribution is -0.146. The van der Waals surface area contributed by atoms with Crippen molar-refractivity contribution in [2.24, 2.45) is 0 Å². The fourth-order valence-electron chi connectivity index (χ4n) is 2.79. The van der Waals surface area contributed by atoms with E-state index >= 15 is 0 Å². The largest absolute Gasteiger partial charge is 0.449 e. The summed E-state index contributed by atoms with van der Waals surface area (Å²) in [5.41, 5.74) is 1.14. The van der Waals surface area contributed by atoms with Gasteiger partial charge in [0.05, 0.1) is 4.90 Å². The molecule has 0 spiro atoms. The van der Waals surface area contributed by atoms with Gasteiger partial charge in [-0.3, -0.25) is 0 Å². The van der Waals surface area contributed by atoms with Gasteiger partial charge < -0.3 is 4.57 Å². The van der Waals surface area contributed by atoms with E-state index in [1.807, 2.05) is 13.8 Å². The summed E-state index contributed by atoms with van der Waals surface area (Å²) in [7, 11) is -3.84. The Bertz CT molecular complexity index is 1070. The van der Waals surface area contributed by atoms with Crippen molar-refractivity contribution in [1.82, 2.24) is 19.3 Å². The highest BCUT2D eigenvalue weighted by Crippen LogP contribution is 2.30. The van der Waals surface area contributed by atoms with E-state index in [2.05, 4.69) is 14.7 Å². The molecule has 0 fully saturated rings. The van der Waals surface area contributed by atoms with Crippen LogP contribution in [0.4, 0.5) is 13.2 Å². The minimum atomic E-state index is -4.67. The molecule has 0 bridgehead atoms. The Labute approximate surface area is 160 Å². The maximum atomic E-state index is 13.3. The first-order chi connectivity index (χ1) is 13.1. The van der Waals surface area contributed by atoms with Crippen molar-refractivity contribution in [3.63, 3.8) is 0 Å². The molecule has 0 amide bonds. The molecule has 0 aliphatic rings. The molecule has 3 rings (SSSR count). The summed E-state index contributed by atoms with van der Waals surface area (Å²) in [6.45, 7) is 3.48. The van der Waals surface area contributed by atoms with E-state index in [9.17, 15) is 21.6 Å². The van der Waals surface area contributed by atoms with Gasteiger partial charge in [-0.05, 0) is 35.7 Å². The monoisotopic (exact) mass is 412 g/mol. The van der Waals surface area contributed by atoms with Crippen LogP contribution in [0.3, 0.4) is 0 Å². The first kappa shape index (κ1) is 20.3. The SMILES string of the molecule is CC(C)c1ccc(S(=O)(=O)NCCn2c(C(F)(F)F)nc3cccnc32)cc1. The number of fused-ring (bicyclic) bond motifs is 1. The van der Waals surface area contributed by atoms with Gasteiger partial charge in [0, 0.05) is 19.3 Å². The molecule has 2 aromatic heterocycles. The van der Waals surface area contributed by atoms with E-state index < -0.39 is 22.0 Å². The lowest BCUT2D eigenvalue weighted by Crippen LogP contribution is -2.28. The summed E-state index contributed by atoms with van der Waals surface area (Å²) in [5, 5.41) is 0. The molecule has 0 aliphatic heterocycles. The molecule has 150 valence electrons. The predicted octanol–water partition coefficient (Wildman–Crippen LogP) is 3.55. The van der Waals surface area contributed by atoms with Crippen molar-refractivity contribution in [2.75, 3.05) is 6.54 Å². The third-order valence-corrected chi connectivity index (χ3v) is 5.72. The maximum Gasteiger partial charge on any atom is 0.449 e. The van der Waals surface area contributed by atoms with Crippen molar-refractivity contribution in [3.05, 3.63) is 54.0 Å². The summed E-state index contributed by atoms with van der Waals surface area (Å²) in [6, 6.07) is 9.31. The summed E-state index contributed by atoms with van der Waals surface area (Å²) < 4.78 is 67.8. The molecule has 0 saturated carbocycles. The number of hydrogen-bond acceptors (Lipinski definition) is 4. The van der Waals surface area contributed by atoms with Crippen LogP contribution in [0.1, 0.15) is 31.2 Å². The molecule has 6 nitrogen and oxygen atoms in total. The molecule has 0 saturated heterocycles. The van der Waals surface area contributed by atoms with Crippen LogP contribution in [-0.2, 0) is 22.7 Å². The summed E-state index contributed by atoms with van der Waals surface area (Å²) >= 11 is 0. The molecule has 1 aromatic carbocycles. The zero-order valence-electron chi connectivity index (χ0n) is 15.2. The van der Waals surface area contributed by atoms with Crippen LogP contribution in [0, 0.1) is 0 Å². The van der Waals surface area contributed by atoms with Crippen molar-refractivity contribution in [3.8, 4) is 0 Å². The van der Waals surface area contributed by atoms with E-state index in [0.717, 1.165) is 10.1 Å². The Hall–Kier alpha value is -2.46. The Balaban J connectivity index is 1.79. The lowest BCUT2D eigenvalue weighted by atomic mass is 10.0. The minimum absolute atomic E-state index is 0.0512. The number of pyridine rings is 1. The van der Waals surface area contributed by atoms with Crippen LogP contribution in [0.15, 0.2) is 47.5 Å². The lowest BCUT2D eigenvalue weighted by Gasteiger charge is -2.12. The Morgan fingerprint density at radius 3 is 2.43 bits per heavy atom. The Kier molecular flexibility index (Phi) is 5.44. The number of alkyl halides is 3. The number of imidazole rings is 1. The number of nitrogens with zero attached hydrogens (tertiary/aromatic N) is 3. The maximum absolute atomic E-state index is 13.3. The van der Waals surface area contributed by atoms with Gasteiger partial charge in [-0.25, -0.2) is 23.1 Å². The smallest absolute Gasteiger partial charge is 0.304 e. The van der Waals surface area contributed by atoms with Gasteiger partial charge in [-0.2, -0.15) is 13.2 Å². The van der Waals surface area contributed by atoms with Gasteiger partial charge in [0.25, 0.3) is 0 Å². The van der Waals surface area contributed by atoms with Crippen LogP contribution in [-0.4, -0.2) is 29.5 Å². The zero-order chi connectivity index (χ0) is 20.5. The molecule has 0 atom stereocenters. The normalized spacial score (nSPS) is 12.8. The minimum Gasteiger partial charge on any atom is -0.304 e. The van der Waals surface area contributed by atoms with E-state index in [1.54, 1.807) is 12.1 Å². The van der Waals surface area contributed by atoms with Crippen molar-refractivity contribution >= 4 is 21.2 Å². The number of benzene rings is 1. The highest BCUT2D eigenvalue weighted by molar-refractivity contribution is 7.89. The van der Waals surface area contributed by atoms with Gasteiger partial charge in [-0.15, -0.1) is 0 Å². The second-order valence-electron chi connectivity index (χ2n) is 6.55. The summed E-state index contributed by atoms with van der Waals surface area (Å²) in [5.74, 6) is -0.853. The van der Waals surface area contributed by atoms with Crippen molar-refractivity contribution in [2.45, 2.75) is 37.4 Å². The number of nitrogens with one attached hydrogen (secondary N) is 1. The molecule has 0 aliphatic carbocycles. The van der Waals surface area contributed by atoms with Gasteiger partial charge in [-0.1, -0.05) is 26.0 Å². The quantitative estimate of drug-likeness (QED) is 0.672. The fraction of sp³-hybridized carbons (Fsp3) is 0.333. The first-order valence-electron chi connectivity index (χ1n) is 8.57. The third kappa shape index (κ3) is 4.17.